The summed E-state index contributed by atoms with van der Waals surface area (Å²) in [5, 5.41) is 0. The third-order valence-corrected chi connectivity index (χ3v) is 4.96. The van der Waals surface area contributed by atoms with Crippen molar-refractivity contribution < 1.29 is 14.3 Å². The molecule has 3 aliphatic rings. The van der Waals surface area contributed by atoms with Crippen molar-refractivity contribution >= 4 is 21.7 Å². The van der Waals surface area contributed by atoms with Gasteiger partial charge in [0, 0.05) is 5.92 Å². The van der Waals surface area contributed by atoms with Crippen LogP contribution in [0.2, 0.25) is 0 Å². The number of allylic oxidation sites excluding steroid dienone is 2. The van der Waals surface area contributed by atoms with Gasteiger partial charge in [-0.25, -0.2) is 0 Å². The molecule has 0 aromatic heterocycles. The zero-order valence-corrected chi connectivity index (χ0v) is 10.1. The Balaban J connectivity index is 2.02. The fourth-order valence-electron chi connectivity index (χ4n) is 2.74. The lowest BCUT2D eigenvalue weighted by atomic mass is 9.73. The van der Waals surface area contributed by atoms with Crippen LogP contribution in [-0.2, 0) is 14.3 Å². The summed E-state index contributed by atoms with van der Waals surface area (Å²) in [5.74, 6) is 0.291. The third-order valence-electron chi connectivity index (χ3n) is 3.66. The fraction of sp³-hybridized carbons (Fsp3) is 0.727. The zero-order valence-electron chi connectivity index (χ0n) is 8.53. The van der Waals surface area contributed by atoms with Gasteiger partial charge < -0.3 is 9.47 Å². The van der Waals surface area contributed by atoms with Crippen molar-refractivity contribution in [1.29, 1.82) is 0 Å². The number of carbonyl (C=O) groups is 1. The predicted molar refractivity (Wildman–Crippen MR) is 57.8 cm³/mol. The van der Waals surface area contributed by atoms with Crippen LogP contribution in [0.15, 0.2) is 11.6 Å². The van der Waals surface area contributed by atoms with E-state index in [4.69, 9.17) is 9.47 Å². The van der Waals surface area contributed by atoms with E-state index in [-0.39, 0.29) is 17.8 Å². The second kappa shape index (κ2) is 3.15. The Kier molecular flexibility index (Phi) is 2.10. The van der Waals surface area contributed by atoms with Crippen LogP contribution in [0.3, 0.4) is 0 Å². The summed E-state index contributed by atoms with van der Waals surface area (Å²) in [4.78, 5) is 12.1. The SMILES string of the molecule is CC1=CC[C@@]2(Br)C(=O)[C@@H]3OC[C@@H](O3)[C@H]2C1. The number of hydrogen-bond acceptors (Lipinski definition) is 3. The van der Waals surface area contributed by atoms with Crippen molar-refractivity contribution in [3.8, 4) is 0 Å². The first-order valence-electron chi connectivity index (χ1n) is 5.27. The molecule has 0 spiro atoms. The molecular formula is C11H13BrO3. The number of hydrogen-bond donors (Lipinski definition) is 0. The number of ketones is 1. The molecule has 3 rings (SSSR count). The minimum Gasteiger partial charge on any atom is -0.343 e. The lowest BCUT2D eigenvalue weighted by Gasteiger charge is -2.43. The molecule has 2 heterocycles. The maximum atomic E-state index is 12.1. The van der Waals surface area contributed by atoms with Gasteiger partial charge in [0.15, 0.2) is 0 Å². The normalized spacial score (nSPS) is 48.8. The van der Waals surface area contributed by atoms with Gasteiger partial charge in [-0.2, -0.15) is 0 Å². The Labute approximate surface area is 96.9 Å². The van der Waals surface area contributed by atoms with E-state index in [1.54, 1.807) is 0 Å². The lowest BCUT2D eigenvalue weighted by Crippen LogP contribution is -2.55. The Morgan fingerprint density at radius 1 is 1.60 bits per heavy atom. The standard InChI is InChI=1S/C11H13BrO3/c1-6-2-3-11(12)7(4-6)8-5-14-10(15-8)9(11)13/h2,7-8,10H,3-5H2,1H3/t7-,8-,10-,11+/m1/s1. The monoisotopic (exact) mass is 272 g/mol. The molecule has 15 heavy (non-hydrogen) atoms. The Morgan fingerprint density at radius 2 is 2.40 bits per heavy atom. The minimum absolute atomic E-state index is 0.0602. The quantitative estimate of drug-likeness (QED) is 0.498. The summed E-state index contributed by atoms with van der Waals surface area (Å²) in [6.45, 7) is 2.67. The van der Waals surface area contributed by atoms with Crippen molar-refractivity contribution in [3.63, 3.8) is 0 Å². The molecule has 0 N–H and O–H groups in total. The van der Waals surface area contributed by atoms with Gasteiger partial charge in [0.2, 0.25) is 12.1 Å². The van der Waals surface area contributed by atoms with E-state index in [1.807, 2.05) is 0 Å². The van der Waals surface area contributed by atoms with E-state index in [1.165, 1.54) is 5.57 Å². The minimum atomic E-state index is -0.627. The molecule has 0 radical (unpaired) electrons. The van der Waals surface area contributed by atoms with Gasteiger partial charge >= 0.3 is 0 Å². The largest absolute Gasteiger partial charge is 0.343 e. The van der Waals surface area contributed by atoms with Crippen molar-refractivity contribution in [3.05, 3.63) is 11.6 Å². The van der Waals surface area contributed by atoms with Crippen LogP contribution < -0.4 is 0 Å². The number of carbonyl (C=O) groups excluding carboxylic acids is 1. The molecule has 4 atom stereocenters. The second-order valence-corrected chi connectivity index (χ2v) is 6.05. The second-order valence-electron chi connectivity index (χ2n) is 4.63. The smallest absolute Gasteiger partial charge is 0.219 e. The number of rotatable bonds is 0. The van der Waals surface area contributed by atoms with Crippen LogP contribution in [0, 0.1) is 5.92 Å². The van der Waals surface area contributed by atoms with E-state index >= 15 is 0 Å². The number of halogens is 1. The van der Waals surface area contributed by atoms with Crippen LogP contribution in [-0.4, -0.2) is 29.1 Å². The molecule has 4 heteroatoms. The first kappa shape index (κ1) is 10.00. The summed E-state index contributed by atoms with van der Waals surface area (Å²) in [7, 11) is 0. The van der Waals surface area contributed by atoms with E-state index in [9.17, 15) is 4.79 Å². The molecule has 0 saturated carbocycles. The topological polar surface area (TPSA) is 35.5 Å². The molecule has 2 saturated heterocycles. The highest BCUT2D eigenvalue weighted by atomic mass is 79.9. The van der Waals surface area contributed by atoms with E-state index in [2.05, 4.69) is 28.9 Å². The predicted octanol–water partition coefficient (Wildman–Crippen LogP) is 1.80. The highest BCUT2D eigenvalue weighted by Gasteiger charge is 2.58. The highest BCUT2D eigenvalue weighted by molar-refractivity contribution is 9.10. The van der Waals surface area contributed by atoms with E-state index in [0.29, 0.717) is 6.61 Å². The molecular weight excluding hydrogens is 260 g/mol. The van der Waals surface area contributed by atoms with E-state index in [0.717, 1.165) is 12.8 Å². The van der Waals surface area contributed by atoms with Gasteiger partial charge in [-0.05, 0) is 19.8 Å². The van der Waals surface area contributed by atoms with Gasteiger partial charge in [0.25, 0.3) is 0 Å². The van der Waals surface area contributed by atoms with Crippen molar-refractivity contribution in [1.82, 2.24) is 0 Å². The summed E-state index contributed by atoms with van der Waals surface area (Å²) in [6, 6.07) is 0. The van der Waals surface area contributed by atoms with Gasteiger partial charge in [-0.3, -0.25) is 4.79 Å². The van der Waals surface area contributed by atoms with Crippen molar-refractivity contribution in [2.75, 3.05) is 6.61 Å². The van der Waals surface area contributed by atoms with Crippen molar-refractivity contribution in [2.45, 2.75) is 36.5 Å². The number of ether oxygens (including phenoxy) is 2. The molecule has 82 valence electrons. The molecule has 0 aromatic carbocycles. The van der Waals surface area contributed by atoms with Crippen LogP contribution in [0.5, 0.6) is 0 Å². The average Bonchev–Trinajstić information content (AvgIpc) is 2.65. The van der Waals surface area contributed by atoms with Gasteiger partial charge in [0.1, 0.15) is 0 Å². The van der Waals surface area contributed by atoms with E-state index < -0.39 is 10.6 Å². The van der Waals surface area contributed by atoms with Crippen LogP contribution in [0.1, 0.15) is 19.8 Å². The molecule has 0 aromatic rings. The molecule has 3 nitrogen and oxygen atoms in total. The molecule has 0 amide bonds. The molecule has 2 aliphatic heterocycles. The highest BCUT2D eigenvalue weighted by Crippen LogP contribution is 2.49. The van der Waals surface area contributed by atoms with Crippen LogP contribution >= 0.6 is 15.9 Å². The number of fused-ring (bicyclic) bond motifs is 4. The Hall–Kier alpha value is -0.190. The van der Waals surface area contributed by atoms with Gasteiger partial charge in [-0.1, -0.05) is 27.6 Å². The first-order chi connectivity index (χ1) is 7.11. The summed E-state index contributed by atoms with van der Waals surface area (Å²) in [5.41, 5.74) is 1.34. The first-order valence-corrected chi connectivity index (χ1v) is 6.06. The van der Waals surface area contributed by atoms with Crippen molar-refractivity contribution in [2.24, 2.45) is 5.92 Å². The Morgan fingerprint density at radius 3 is 3.20 bits per heavy atom. The third kappa shape index (κ3) is 1.28. The lowest BCUT2D eigenvalue weighted by molar-refractivity contribution is -0.161. The molecule has 2 fully saturated rings. The molecule has 1 aliphatic carbocycles. The van der Waals surface area contributed by atoms with Crippen LogP contribution in [0.4, 0.5) is 0 Å². The summed E-state index contributed by atoms with van der Waals surface area (Å²) >= 11 is 3.63. The summed E-state index contributed by atoms with van der Waals surface area (Å²) in [6.07, 6.45) is 3.29. The summed E-state index contributed by atoms with van der Waals surface area (Å²) < 4.78 is 10.5. The van der Waals surface area contributed by atoms with Crippen LogP contribution in [0.25, 0.3) is 0 Å². The maximum Gasteiger partial charge on any atom is 0.219 e. The zero-order chi connectivity index (χ0) is 10.6. The van der Waals surface area contributed by atoms with Gasteiger partial charge in [-0.15, -0.1) is 0 Å². The molecule has 2 bridgehead atoms. The number of Topliss-reactive ketones (excluding diaryl/α,β-unsaturated/α-hetero) is 1. The fourth-order valence-corrected chi connectivity index (χ4v) is 3.54. The Bertz CT molecular complexity index is 352. The van der Waals surface area contributed by atoms with Gasteiger partial charge in [0.05, 0.1) is 17.0 Å². The number of alkyl halides is 1. The average molecular weight is 273 g/mol. The molecule has 0 unspecified atom stereocenters. The maximum absolute atomic E-state index is 12.1.